The van der Waals surface area contributed by atoms with Crippen LogP contribution < -0.4 is 10.6 Å². The van der Waals surface area contributed by atoms with Gasteiger partial charge in [0.25, 0.3) is 0 Å². The lowest BCUT2D eigenvalue weighted by atomic mass is 10.0. The molecular formula is C16H24N2O2. The summed E-state index contributed by atoms with van der Waals surface area (Å²) < 4.78 is 5.37. The molecule has 0 aromatic heterocycles. The van der Waals surface area contributed by atoms with Crippen molar-refractivity contribution in [1.29, 1.82) is 0 Å². The molecule has 1 aromatic rings. The van der Waals surface area contributed by atoms with Crippen LogP contribution in [0.2, 0.25) is 0 Å². The van der Waals surface area contributed by atoms with E-state index >= 15 is 0 Å². The number of nitrogens with zero attached hydrogens (tertiary/aromatic N) is 1. The van der Waals surface area contributed by atoms with E-state index in [-0.39, 0.29) is 11.6 Å². The maximum Gasteiger partial charge on any atom is 0.414 e. The summed E-state index contributed by atoms with van der Waals surface area (Å²) in [5, 5.41) is 0. The molecule has 1 aliphatic rings. The van der Waals surface area contributed by atoms with E-state index in [0.29, 0.717) is 0 Å². The Labute approximate surface area is 120 Å². The predicted molar refractivity (Wildman–Crippen MR) is 80.9 cm³/mol. The summed E-state index contributed by atoms with van der Waals surface area (Å²) in [6.45, 7) is 5.58. The van der Waals surface area contributed by atoms with E-state index in [0.717, 1.165) is 30.5 Å². The number of hydrogen-bond donors (Lipinski definition) is 1. The normalized spacial score (nSPS) is 16.6. The van der Waals surface area contributed by atoms with E-state index in [1.807, 2.05) is 39.0 Å². The maximum absolute atomic E-state index is 12.0. The Kier molecular flexibility index (Phi) is 3.78. The van der Waals surface area contributed by atoms with Crippen LogP contribution in [-0.2, 0) is 11.2 Å². The Hall–Kier alpha value is -1.55. The van der Waals surface area contributed by atoms with Gasteiger partial charge >= 0.3 is 6.09 Å². The van der Waals surface area contributed by atoms with Crippen molar-refractivity contribution in [3.05, 3.63) is 29.8 Å². The van der Waals surface area contributed by atoms with Crippen LogP contribution in [0.25, 0.3) is 0 Å². The zero-order valence-electron chi connectivity index (χ0n) is 12.8. The monoisotopic (exact) mass is 276 g/mol. The maximum atomic E-state index is 12.0. The van der Waals surface area contributed by atoms with Gasteiger partial charge in [-0.1, -0.05) is 12.1 Å². The SMILES string of the molecule is CN(C(=O)OC(C)(C)C)c1cccc(CC2(N)CC2)c1. The molecule has 110 valence electrons. The fourth-order valence-electron chi connectivity index (χ4n) is 2.05. The Balaban J connectivity index is 2.07. The van der Waals surface area contributed by atoms with Gasteiger partial charge in [-0.3, -0.25) is 4.90 Å². The largest absolute Gasteiger partial charge is 0.443 e. The molecule has 0 spiro atoms. The van der Waals surface area contributed by atoms with Gasteiger partial charge in [0.05, 0.1) is 0 Å². The second-order valence-electron chi connectivity index (χ2n) is 6.75. The van der Waals surface area contributed by atoms with Gasteiger partial charge in [0, 0.05) is 18.3 Å². The Morgan fingerprint density at radius 3 is 2.60 bits per heavy atom. The molecule has 2 rings (SSSR count). The van der Waals surface area contributed by atoms with E-state index in [9.17, 15) is 4.79 Å². The van der Waals surface area contributed by atoms with Crippen LogP contribution >= 0.6 is 0 Å². The first-order valence-corrected chi connectivity index (χ1v) is 7.03. The minimum absolute atomic E-state index is 0.0247. The number of ether oxygens (including phenoxy) is 1. The lowest BCUT2D eigenvalue weighted by Gasteiger charge is -2.25. The summed E-state index contributed by atoms with van der Waals surface area (Å²) in [4.78, 5) is 13.6. The molecule has 0 aliphatic heterocycles. The smallest absolute Gasteiger partial charge is 0.414 e. The van der Waals surface area contributed by atoms with Gasteiger partial charge in [-0.25, -0.2) is 4.79 Å². The van der Waals surface area contributed by atoms with Gasteiger partial charge in [-0.15, -0.1) is 0 Å². The fraction of sp³-hybridized carbons (Fsp3) is 0.562. The van der Waals surface area contributed by atoms with E-state index in [1.165, 1.54) is 4.90 Å². The molecule has 1 aromatic carbocycles. The van der Waals surface area contributed by atoms with Gasteiger partial charge in [0.15, 0.2) is 0 Å². The third kappa shape index (κ3) is 3.97. The molecule has 0 atom stereocenters. The number of nitrogens with two attached hydrogens (primary N) is 1. The molecule has 0 bridgehead atoms. The molecule has 0 heterocycles. The lowest BCUT2D eigenvalue weighted by Crippen LogP contribution is -2.34. The van der Waals surface area contributed by atoms with Gasteiger partial charge in [-0.2, -0.15) is 0 Å². The molecular weight excluding hydrogens is 252 g/mol. The predicted octanol–water partition coefficient (Wildman–Crippen LogP) is 3.09. The number of amides is 1. The minimum atomic E-state index is -0.488. The highest BCUT2D eigenvalue weighted by Crippen LogP contribution is 2.36. The Morgan fingerprint density at radius 2 is 2.05 bits per heavy atom. The van der Waals surface area contributed by atoms with E-state index in [4.69, 9.17) is 10.5 Å². The molecule has 4 nitrogen and oxygen atoms in total. The molecule has 0 radical (unpaired) electrons. The first kappa shape index (κ1) is 14.9. The van der Waals surface area contributed by atoms with Crippen molar-refractivity contribution >= 4 is 11.8 Å². The highest BCUT2D eigenvalue weighted by Gasteiger charge is 2.38. The standard InChI is InChI=1S/C16H24N2O2/c1-15(2,3)20-14(19)18(4)13-7-5-6-12(10-13)11-16(17)8-9-16/h5-7,10H,8-9,11,17H2,1-4H3. The van der Waals surface area contributed by atoms with Crippen LogP contribution in [0.4, 0.5) is 10.5 Å². The Bertz CT molecular complexity index is 501. The first-order valence-electron chi connectivity index (χ1n) is 7.03. The van der Waals surface area contributed by atoms with E-state index in [1.54, 1.807) is 7.05 Å². The number of rotatable bonds is 3. The average Bonchev–Trinajstić information content (AvgIpc) is 3.04. The van der Waals surface area contributed by atoms with Crippen LogP contribution in [0.5, 0.6) is 0 Å². The van der Waals surface area contributed by atoms with Crippen LogP contribution in [0.15, 0.2) is 24.3 Å². The van der Waals surface area contributed by atoms with Crippen molar-refractivity contribution in [1.82, 2.24) is 0 Å². The van der Waals surface area contributed by atoms with Crippen LogP contribution in [0, 0.1) is 0 Å². The van der Waals surface area contributed by atoms with Crippen molar-refractivity contribution in [2.45, 2.75) is 51.2 Å². The van der Waals surface area contributed by atoms with Gasteiger partial charge in [0.2, 0.25) is 0 Å². The molecule has 1 fully saturated rings. The highest BCUT2D eigenvalue weighted by molar-refractivity contribution is 5.87. The summed E-state index contributed by atoms with van der Waals surface area (Å²) >= 11 is 0. The lowest BCUT2D eigenvalue weighted by molar-refractivity contribution is 0.0589. The molecule has 1 aliphatic carbocycles. The summed E-state index contributed by atoms with van der Waals surface area (Å²) in [6.07, 6.45) is 2.69. The molecule has 0 saturated heterocycles. The topological polar surface area (TPSA) is 55.6 Å². The van der Waals surface area contributed by atoms with Crippen molar-refractivity contribution in [3.63, 3.8) is 0 Å². The number of anilines is 1. The van der Waals surface area contributed by atoms with Crippen molar-refractivity contribution < 1.29 is 9.53 Å². The molecule has 2 N–H and O–H groups in total. The zero-order chi connectivity index (χ0) is 15.0. The van der Waals surface area contributed by atoms with Crippen molar-refractivity contribution in [2.75, 3.05) is 11.9 Å². The van der Waals surface area contributed by atoms with E-state index < -0.39 is 5.60 Å². The zero-order valence-corrected chi connectivity index (χ0v) is 12.8. The highest BCUT2D eigenvalue weighted by atomic mass is 16.6. The summed E-state index contributed by atoms with van der Waals surface area (Å²) in [5.41, 5.74) is 7.63. The van der Waals surface area contributed by atoms with Crippen LogP contribution in [0.1, 0.15) is 39.2 Å². The van der Waals surface area contributed by atoms with Gasteiger partial charge < -0.3 is 10.5 Å². The Morgan fingerprint density at radius 1 is 1.40 bits per heavy atom. The number of carbonyl (C=O) groups excluding carboxylic acids is 1. The molecule has 4 heteroatoms. The molecule has 1 saturated carbocycles. The van der Waals surface area contributed by atoms with Crippen molar-refractivity contribution in [2.24, 2.45) is 5.73 Å². The summed E-state index contributed by atoms with van der Waals surface area (Å²) in [5.74, 6) is 0. The second-order valence-corrected chi connectivity index (χ2v) is 6.75. The minimum Gasteiger partial charge on any atom is -0.443 e. The van der Waals surface area contributed by atoms with Crippen LogP contribution in [-0.4, -0.2) is 24.3 Å². The first-order chi connectivity index (χ1) is 9.19. The van der Waals surface area contributed by atoms with Gasteiger partial charge in [0.1, 0.15) is 5.60 Å². The number of benzene rings is 1. The number of hydrogen-bond acceptors (Lipinski definition) is 3. The average molecular weight is 276 g/mol. The van der Waals surface area contributed by atoms with Gasteiger partial charge in [-0.05, 0) is 57.7 Å². The second kappa shape index (κ2) is 5.09. The summed E-state index contributed by atoms with van der Waals surface area (Å²) in [6, 6.07) is 7.93. The molecule has 20 heavy (non-hydrogen) atoms. The summed E-state index contributed by atoms with van der Waals surface area (Å²) in [7, 11) is 1.72. The van der Waals surface area contributed by atoms with Crippen LogP contribution in [0.3, 0.4) is 0 Å². The molecule has 1 amide bonds. The fourth-order valence-corrected chi connectivity index (χ4v) is 2.05. The quantitative estimate of drug-likeness (QED) is 0.923. The van der Waals surface area contributed by atoms with Crippen molar-refractivity contribution in [3.8, 4) is 0 Å². The third-order valence-corrected chi connectivity index (χ3v) is 3.41. The van der Waals surface area contributed by atoms with E-state index in [2.05, 4.69) is 6.07 Å². The number of carbonyl (C=O) groups is 1. The third-order valence-electron chi connectivity index (χ3n) is 3.41. The molecule has 0 unspecified atom stereocenters.